The quantitative estimate of drug-likeness (QED) is 0.915. The van der Waals surface area contributed by atoms with E-state index in [-0.39, 0.29) is 5.56 Å². The number of hydrogen-bond acceptors (Lipinski definition) is 4. The lowest BCUT2D eigenvalue weighted by Crippen LogP contribution is -2.18. The maximum absolute atomic E-state index is 13.7. The Balaban J connectivity index is 2.21. The summed E-state index contributed by atoms with van der Waals surface area (Å²) in [5, 5.41) is 7.15. The first kappa shape index (κ1) is 14.0. The number of halogens is 2. The normalized spacial score (nSPS) is 11.2. The number of benzene rings is 1. The predicted molar refractivity (Wildman–Crippen MR) is 71.8 cm³/mol. The van der Waals surface area contributed by atoms with Crippen molar-refractivity contribution in [1.82, 2.24) is 14.9 Å². The van der Waals surface area contributed by atoms with Crippen LogP contribution in [0.3, 0.4) is 0 Å². The minimum Gasteiger partial charge on any atom is -0.311 e. The summed E-state index contributed by atoms with van der Waals surface area (Å²) in [6, 6.07) is 4.08. The maximum atomic E-state index is 13.7. The molecule has 1 aromatic heterocycles. The van der Waals surface area contributed by atoms with Crippen LogP contribution in [0.4, 0.5) is 8.78 Å². The van der Waals surface area contributed by atoms with Gasteiger partial charge in [0.1, 0.15) is 5.69 Å². The fourth-order valence-corrected chi connectivity index (χ4v) is 2.32. The molecule has 0 radical (unpaired) electrons. The van der Waals surface area contributed by atoms with Gasteiger partial charge >= 0.3 is 0 Å². The van der Waals surface area contributed by atoms with Gasteiger partial charge in [0.05, 0.1) is 4.88 Å². The van der Waals surface area contributed by atoms with E-state index in [1.54, 1.807) is 0 Å². The van der Waals surface area contributed by atoms with Gasteiger partial charge in [0.15, 0.2) is 11.6 Å². The second-order valence-corrected chi connectivity index (χ2v) is 5.51. The third kappa shape index (κ3) is 3.33. The van der Waals surface area contributed by atoms with Gasteiger partial charge in [-0.2, -0.15) is 0 Å². The largest absolute Gasteiger partial charge is 0.311 e. The predicted octanol–water partition coefficient (Wildman–Crippen LogP) is 3.23. The van der Waals surface area contributed by atoms with Crippen LogP contribution in [0.2, 0.25) is 0 Å². The highest BCUT2D eigenvalue weighted by Gasteiger charge is 2.16. The summed E-state index contributed by atoms with van der Waals surface area (Å²) in [4.78, 5) is 0.810. The summed E-state index contributed by atoms with van der Waals surface area (Å²) in [5.41, 5.74) is 0.577. The van der Waals surface area contributed by atoms with Gasteiger partial charge in [-0.15, -0.1) is 5.10 Å². The van der Waals surface area contributed by atoms with Crippen LogP contribution in [0.1, 0.15) is 18.7 Å². The van der Waals surface area contributed by atoms with Crippen LogP contribution in [0.15, 0.2) is 18.2 Å². The fraction of sp³-hybridized carbons (Fsp3) is 0.385. The Kier molecular flexibility index (Phi) is 4.55. The SMILES string of the molecule is CC(C)CNCc1snnc1-c1cccc(F)c1F. The summed E-state index contributed by atoms with van der Waals surface area (Å²) in [6.07, 6.45) is 0. The molecule has 102 valence electrons. The second kappa shape index (κ2) is 6.16. The van der Waals surface area contributed by atoms with Crippen molar-refractivity contribution in [3.05, 3.63) is 34.7 Å². The zero-order valence-corrected chi connectivity index (χ0v) is 11.6. The standard InChI is InChI=1S/C13H15F2N3S/c1-8(2)6-16-7-11-13(17-18-19-11)9-4-3-5-10(14)12(9)15/h3-5,8,16H,6-7H2,1-2H3. The van der Waals surface area contributed by atoms with Gasteiger partial charge in [-0.1, -0.05) is 24.4 Å². The van der Waals surface area contributed by atoms with E-state index < -0.39 is 11.6 Å². The van der Waals surface area contributed by atoms with E-state index in [1.165, 1.54) is 23.7 Å². The number of hydrogen-bond donors (Lipinski definition) is 1. The molecule has 0 aliphatic carbocycles. The Morgan fingerprint density at radius 3 is 2.84 bits per heavy atom. The summed E-state index contributed by atoms with van der Waals surface area (Å²) in [5.74, 6) is -1.22. The zero-order valence-electron chi connectivity index (χ0n) is 10.8. The van der Waals surface area contributed by atoms with Crippen LogP contribution in [0, 0.1) is 17.6 Å². The van der Waals surface area contributed by atoms with E-state index >= 15 is 0 Å². The van der Waals surface area contributed by atoms with E-state index in [1.807, 2.05) is 0 Å². The lowest BCUT2D eigenvalue weighted by atomic mass is 10.1. The van der Waals surface area contributed by atoms with Gasteiger partial charge < -0.3 is 5.32 Å². The molecule has 0 aliphatic heterocycles. The molecule has 0 unspecified atom stereocenters. The number of rotatable bonds is 5. The molecule has 0 aliphatic rings. The molecule has 2 rings (SSSR count). The topological polar surface area (TPSA) is 37.8 Å². The van der Waals surface area contributed by atoms with Crippen LogP contribution in [0.5, 0.6) is 0 Å². The van der Waals surface area contributed by atoms with E-state index in [9.17, 15) is 8.78 Å². The van der Waals surface area contributed by atoms with Crippen molar-refractivity contribution in [2.45, 2.75) is 20.4 Å². The summed E-state index contributed by atoms with van der Waals surface area (Å²) in [6.45, 7) is 5.61. The van der Waals surface area contributed by atoms with Crippen LogP contribution in [0.25, 0.3) is 11.3 Å². The van der Waals surface area contributed by atoms with Gasteiger partial charge in [0.2, 0.25) is 0 Å². The smallest absolute Gasteiger partial charge is 0.168 e. The van der Waals surface area contributed by atoms with Gasteiger partial charge in [-0.3, -0.25) is 0 Å². The molecule has 1 heterocycles. The first-order valence-electron chi connectivity index (χ1n) is 6.06. The summed E-state index contributed by atoms with van der Waals surface area (Å²) in [7, 11) is 0. The van der Waals surface area contributed by atoms with E-state index in [4.69, 9.17) is 0 Å². The van der Waals surface area contributed by atoms with E-state index in [0.717, 1.165) is 17.5 Å². The lowest BCUT2D eigenvalue weighted by Gasteiger charge is -2.07. The molecule has 6 heteroatoms. The summed E-state index contributed by atoms with van der Waals surface area (Å²) < 4.78 is 30.8. The molecule has 19 heavy (non-hydrogen) atoms. The number of aromatic nitrogens is 2. The molecular formula is C13H15F2N3S. The van der Waals surface area contributed by atoms with Crippen LogP contribution in [-0.4, -0.2) is 16.1 Å². The molecule has 0 bridgehead atoms. The average Bonchev–Trinajstić information content (AvgIpc) is 2.80. The molecule has 0 amide bonds. The molecule has 0 spiro atoms. The Morgan fingerprint density at radius 2 is 2.11 bits per heavy atom. The highest BCUT2D eigenvalue weighted by Crippen LogP contribution is 2.27. The van der Waals surface area contributed by atoms with Gasteiger partial charge in [-0.25, -0.2) is 8.78 Å². The Hall–Kier alpha value is -1.40. The second-order valence-electron chi connectivity index (χ2n) is 4.67. The van der Waals surface area contributed by atoms with Gasteiger partial charge in [-0.05, 0) is 36.1 Å². The van der Waals surface area contributed by atoms with E-state index in [0.29, 0.717) is 18.2 Å². The molecule has 0 fully saturated rings. The third-order valence-electron chi connectivity index (χ3n) is 2.60. The minimum atomic E-state index is -0.875. The van der Waals surface area contributed by atoms with Crippen molar-refractivity contribution >= 4 is 11.5 Å². The Bertz CT molecular complexity index is 555. The average molecular weight is 283 g/mol. The first-order chi connectivity index (χ1) is 9.09. The number of nitrogens with zero attached hydrogens (tertiary/aromatic N) is 2. The van der Waals surface area contributed by atoms with Crippen molar-refractivity contribution < 1.29 is 8.78 Å². The molecular weight excluding hydrogens is 268 g/mol. The number of nitrogens with one attached hydrogen (secondary N) is 1. The Morgan fingerprint density at radius 1 is 1.32 bits per heavy atom. The highest BCUT2D eigenvalue weighted by atomic mass is 32.1. The first-order valence-corrected chi connectivity index (χ1v) is 6.83. The monoisotopic (exact) mass is 283 g/mol. The van der Waals surface area contributed by atoms with Gasteiger partial charge in [0.25, 0.3) is 0 Å². The van der Waals surface area contributed by atoms with Crippen molar-refractivity contribution in [3.63, 3.8) is 0 Å². The highest BCUT2D eigenvalue weighted by molar-refractivity contribution is 7.05. The van der Waals surface area contributed by atoms with Crippen molar-refractivity contribution in [2.75, 3.05) is 6.54 Å². The van der Waals surface area contributed by atoms with Crippen molar-refractivity contribution in [1.29, 1.82) is 0 Å². The van der Waals surface area contributed by atoms with E-state index in [2.05, 4.69) is 28.8 Å². The maximum Gasteiger partial charge on any atom is 0.168 e. The van der Waals surface area contributed by atoms with Crippen molar-refractivity contribution in [2.24, 2.45) is 5.92 Å². The fourth-order valence-electron chi connectivity index (χ4n) is 1.69. The van der Waals surface area contributed by atoms with Crippen LogP contribution in [-0.2, 0) is 6.54 Å². The Labute approximate surface area is 114 Å². The van der Waals surface area contributed by atoms with Crippen LogP contribution >= 0.6 is 11.5 Å². The lowest BCUT2D eigenvalue weighted by molar-refractivity contribution is 0.510. The van der Waals surface area contributed by atoms with Gasteiger partial charge in [0, 0.05) is 12.1 Å². The molecule has 1 aromatic carbocycles. The minimum absolute atomic E-state index is 0.162. The van der Waals surface area contributed by atoms with Crippen molar-refractivity contribution in [3.8, 4) is 11.3 Å². The molecule has 3 nitrogen and oxygen atoms in total. The molecule has 1 N–H and O–H groups in total. The third-order valence-corrected chi connectivity index (χ3v) is 3.32. The zero-order chi connectivity index (χ0) is 13.8. The molecule has 0 saturated heterocycles. The molecule has 0 atom stereocenters. The summed E-state index contributed by atoms with van der Waals surface area (Å²) >= 11 is 1.20. The van der Waals surface area contributed by atoms with Crippen LogP contribution < -0.4 is 5.32 Å². The molecule has 0 saturated carbocycles. The molecule has 2 aromatic rings.